The summed E-state index contributed by atoms with van der Waals surface area (Å²) in [6, 6.07) is -0.869. The van der Waals surface area contributed by atoms with Crippen molar-refractivity contribution in [3.05, 3.63) is 109 Å². The van der Waals surface area contributed by atoms with Crippen LogP contribution in [-0.2, 0) is 18.4 Å². The lowest BCUT2D eigenvalue weighted by molar-refractivity contribution is -0.870. The topological polar surface area (TPSA) is 105 Å². The first-order chi connectivity index (χ1) is 45.5. The zero-order valence-electron chi connectivity index (χ0n) is 62.0. The molecule has 93 heavy (non-hydrogen) atoms. The van der Waals surface area contributed by atoms with Crippen LogP contribution in [0.5, 0.6) is 0 Å². The Bertz CT molecular complexity index is 1890. The van der Waals surface area contributed by atoms with Gasteiger partial charge < -0.3 is 19.8 Å². The summed E-state index contributed by atoms with van der Waals surface area (Å²) in [5.74, 6) is -0.183. The van der Waals surface area contributed by atoms with Crippen LogP contribution in [0.15, 0.2) is 109 Å². The average Bonchev–Trinajstić information content (AvgIpc) is 2.75. The van der Waals surface area contributed by atoms with E-state index in [1.165, 1.54) is 263 Å². The van der Waals surface area contributed by atoms with E-state index in [4.69, 9.17) is 9.05 Å². The van der Waals surface area contributed by atoms with Gasteiger partial charge in [0.15, 0.2) is 0 Å². The number of carbonyl (C=O) groups is 1. The highest BCUT2D eigenvalue weighted by Gasteiger charge is 2.28. The lowest BCUT2D eigenvalue weighted by atomic mass is 10.0. The Morgan fingerprint density at radius 3 is 0.989 bits per heavy atom. The molecule has 0 aliphatic carbocycles. The summed E-state index contributed by atoms with van der Waals surface area (Å²) in [7, 11) is 1.56. The normalized spacial score (nSPS) is 14.1. The monoisotopic (exact) mass is 1320 g/mol. The van der Waals surface area contributed by atoms with E-state index in [-0.39, 0.29) is 19.1 Å². The Morgan fingerprint density at radius 2 is 0.656 bits per heavy atom. The van der Waals surface area contributed by atoms with E-state index in [1.807, 2.05) is 27.2 Å². The van der Waals surface area contributed by atoms with Crippen LogP contribution in [0.1, 0.15) is 367 Å². The molecule has 8 nitrogen and oxygen atoms in total. The quantitative estimate of drug-likeness (QED) is 0.0243. The molecule has 0 saturated carbocycles. The van der Waals surface area contributed by atoms with E-state index < -0.39 is 20.0 Å². The summed E-state index contributed by atoms with van der Waals surface area (Å²) < 4.78 is 23.9. The number of hydrogen-bond acceptors (Lipinski definition) is 5. The van der Waals surface area contributed by atoms with Gasteiger partial charge in [-0.2, -0.15) is 0 Å². The van der Waals surface area contributed by atoms with Crippen molar-refractivity contribution in [2.45, 2.75) is 379 Å². The molecule has 0 saturated heterocycles. The molecule has 540 valence electrons. The van der Waals surface area contributed by atoms with Crippen molar-refractivity contribution in [2.75, 3.05) is 40.9 Å². The van der Waals surface area contributed by atoms with Crippen LogP contribution < -0.4 is 5.32 Å². The molecule has 0 fully saturated rings. The minimum atomic E-state index is -4.37. The lowest BCUT2D eigenvalue weighted by Crippen LogP contribution is -2.45. The fraction of sp³-hybridized carbons (Fsp3) is 0.774. The summed E-state index contributed by atoms with van der Waals surface area (Å²) >= 11 is 0. The molecule has 0 rings (SSSR count). The fourth-order valence-corrected chi connectivity index (χ4v) is 12.4. The number of phosphoric ester groups is 1. The van der Waals surface area contributed by atoms with Gasteiger partial charge in [0.1, 0.15) is 13.2 Å². The Morgan fingerprint density at radius 1 is 0.376 bits per heavy atom. The van der Waals surface area contributed by atoms with E-state index in [1.54, 1.807) is 6.08 Å². The van der Waals surface area contributed by atoms with Crippen molar-refractivity contribution in [2.24, 2.45) is 0 Å². The van der Waals surface area contributed by atoms with Crippen molar-refractivity contribution in [3.8, 4) is 0 Å². The number of hydrogen-bond donors (Lipinski definition) is 3. The molecule has 0 radical (unpaired) electrons. The van der Waals surface area contributed by atoms with Crippen LogP contribution in [0.2, 0.25) is 0 Å². The standard InChI is InChI=1S/C84H153N2O6P/c1-6-8-10-12-14-16-18-20-22-24-26-28-30-32-34-36-38-39-40-41-42-43-44-45-46-47-48-50-52-54-56-58-60-62-64-66-68-70-72-74-76-78-84(88)85-82(81-92-93(89,90)91-80-79-86(3,4)5)83(87)77-75-73-71-69-67-65-63-61-59-57-55-53-51-49-37-35-33-31-29-27-25-23-21-19-17-15-13-11-9-7-2/h8,10,14,16,20,22,26,28,32,34,38-39,41-42,67,69,75,77,82-83,87H,6-7,9,11-13,15,17-19,21,23-25,27,29-31,33,35-37,40,43-66,68,70-74,76,78-81H2,1-5H3,(H-,85,88,89,90)/p+1/b10-8-,16-14-,22-20-,28-26-,34-32-,39-38-,42-41-,69-67+,77-75+. The molecule has 1 amide bonds. The molecule has 0 aliphatic heterocycles. The molecular weight excluding hydrogens is 1160 g/mol. The summed E-state index contributed by atoms with van der Waals surface area (Å²) in [6.45, 7) is 4.72. The number of phosphoric acid groups is 1. The number of nitrogens with one attached hydrogen (secondary N) is 1. The molecule has 0 aliphatic rings. The van der Waals surface area contributed by atoms with Gasteiger partial charge in [0.2, 0.25) is 5.91 Å². The largest absolute Gasteiger partial charge is 0.472 e. The van der Waals surface area contributed by atoms with Gasteiger partial charge in [-0.3, -0.25) is 13.8 Å². The molecule has 0 aromatic heterocycles. The third-order valence-corrected chi connectivity index (χ3v) is 18.7. The van der Waals surface area contributed by atoms with Crippen LogP contribution in [-0.4, -0.2) is 73.4 Å². The highest BCUT2D eigenvalue weighted by atomic mass is 31.2. The van der Waals surface area contributed by atoms with Gasteiger partial charge in [0.05, 0.1) is 39.9 Å². The fourth-order valence-electron chi connectivity index (χ4n) is 11.6. The lowest BCUT2D eigenvalue weighted by Gasteiger charge is -2.25. The van der Waals surface area contributed by atoms with Gasteiger partial charge in [0.25, 0.3) is 0 Å². The number of amides is 1. The minimum Gasteiger partial charge on any atom is -0.387 e. The first kappa shape index (κ1) is 90.2. The molecule has 3 unspecified atom stereocenters. The predicted molar refractivity (Wildman–Crippen MR) is 410 cm³/mol. The maximum atomic E-state index is 13.1. The van der Waals surface area contributed by atoms with E-state index in [0.29, 0.717) is 17.4 Å². The van der Waals surface area contributed by atoms with Crippen LogP contribution in [0, 0.1) is 0 Å². The Kier molecular flexibility index (Phi) is 71.2. The van der Waals surface area contributed by atoms with E-state index in [2.05, 4.69) is 116 Å². The Labute approximate surface area is 578 Å². The van der Waals surface area contributed by atoms with Crippen LogP contribution in [0.3, 0.4) is 0 Å². The number of carbonyl (C=O) groups excluding carboxylic acids is 1. The SMILES string of the molecule is CC/C=C\C/C=C\C/C=C\C/C=C\C/C=C\C/C=C\C/C=C\CCCCCCCCCCCCCCCCCCCCCC(=O)NC(COP(=O)(O)OCC[N+](C)(C)C)C(O)/C=C/CC/C=C/CCCCCCCCCCCCCCCCCCCCCCCCCC. The van der Waals surface area contributed by atoms with E-state index >= 15 is 0 Å². The summed E-state index contributed by atoms with van der Waals surface area (Å²) in [5, 5.41) is 14.0. The number of rotatable bonds is 73. The first-order valence-corrected chi connectivity index (χ1v) is 41.3. The van der Waals surface area contributed by atoms with Crippen molar-refractivity contribution in [1.82, 2.24) is 5.32 Å². The maximum absolute atomic E-state index is 13.1. The highest BCUT2D eigenvalue weighted by molar-refractivity contribution is 7.47. The molecule has 0 aromatic rings. The average molecular weight is 1320 g/mol. The first-order valence-electron chi connectivity index (χ1n) is 39.8. The second-order valence-corrected chi connectivity index (χ2v) is 29.5. The van der Waals surface area contributed by atoms with Gasteiger partial charge in [-0.05, 0) is 89.9 Å². The number of aliphatic hydroxyl groups excluding tert-OH is 1. The van der Waals surface area contributed by atoms with Gasteiger partial charge in [-0.25, -0.2) is 4.57 Å². The third-order valence-electron chi connectivity index (χ3n) is 17.7. The molecule has 3 atom stereocenters. The molecule has 0 heterocycles. The van der Waals surface area contributed by atoms with E-state index in [0.717, 1.165) is 83.5 Å². The van der Waals surface area contributed by atoms with Gasteiger partial charge in [-0.1, -0.05) is 380 Å². The van der Waals surface area contributed by atoms with Crippen LogP contribution in [0.4, 0.5) is 0 Å². The predicted octanol–water partition coefficient (Wildman–Crippen LogP) is 26.2. The van der Waals surface area contributed by atoms with Crippen molar-refractivity contribution in [3.63, 3.8) is 0 Å². The zero-order chi connectivity index (χ0) is 67.6. The van der Waals surface area contributed by atoms with Gasteiger partial charge in [0, 0.05) is 6.42 Å². The van der Waals surface area contributed by atoms with Crippen molar-refractivity contribution >= 4 is 13.7 Å². The van der Waals surface area contributed by atoms with Crippen LogP contribution >= 0.6 is 7.82 Å². The van der Waals surface area contributed by atoms with Crippen molar-refractivity contribution in [1.29, 1.82) is 0 Å². The zero-order valence-corrected chi connectivity index (χ0v) is 62.9. The Hall–Kier alpha value is -2.84. The number of allylic oxidation sites excluding steroid dienone is 17. The number of unbranched alkanes of at least 4 members (excludes halogenated alkanes) is 44. The highest BCUT2D eigenvalue weighted by Crippen LogP contribution is 2.43. The molecule has 0 spiro atoms. The van der Waals surface area contributed by atoms with E-state index in [9.17, 15) is 19.4 Å². The van der Waals surface area contributed by atoms with Crippen molar-refractivity contribution < 1.29 is 32.9 Å². The molecular formula is C84H154N2O6P+. The van der Waals surface area contributed by atoms with Gasteiger partial charge >= 0.3 is 7.82 Å². The number of quaternary nitrogens is 1. The second-order valence-electron chi connectivity index (χ2n) is 28.1. The van der Waals surface area contributed by atoms with Gasteiger partial charge in [-0.15, -0.1) is 0 Å². The molecule has 9 heteroatoms. The number of likely N-dealkylation sites (N-methyl/N-ethyl adjacent to an activating group) is 1. The molecule has 0 aromatic carbocycles. The number of nitrogens with zero attached hydrogens (tertiary/aromatic N) is 1. The second kappa shape index (κ2) is 73.4. The minimum absolute atomic E-state index is 0.0545. The summed E-state index contributed by atoms with van der Waals surface area (Å²) in [5.41, 5.74) is 0. The maximum Gasteiger partial charge on any atom is 0.472 e. The third kappa shape index (κ3) is 76.4. The summed E-state index contributed by atoms with van der Waals surface area (Å²) in [6.07, 6.45) is 109. The number of aliphatic hydroxyl groups is 1. The molecule has 0 bridgehead atoms. The molecule has 3 N–H and O–H groups in total. The smallest absolute Gasteiger partial charge is 0.387 e. The van der Waals surface area contributed by atoms with Crippen LogP contribution in [0.25, 0.3) is 0 Å². The summed E-state index contributed by atoms with van der Waals surface area (Å²) in [4.78, 5) is 23.5. The Balaban J connectivity index is 4.01.